The summed E-state index contributed by atoms with van der Waals surface area (Å²) in [4.78, 5) is 2.70. The fourth-order valence-corrected chi connectivity index (χ4v) is 2.36. The predicted octanol–water partition coefficient (Wildman–Crippen LogP) is 2.74. The van der Waals surface area contributed by atoms with Gasteiger partial charge in [-0.05, 0) is 24.3 Å². The third-order valence-electron chi connectivity index (χ3n) is 3.85. The normalized spacial score (nSPS) is 25.7. The lowest BCUT2D eigenvalue weighted by Gasteiger charge is -2.40. The van der Waals surface area contributed by atoms with Crippen molar-refractivity contribution in [3.8, 4) is 0 Å². The van der Waals surface area contributed by atoms with E-state index in [1.165, 1.54) is 32.5 Å². The molecule has 1 aliphatic heterocycles. The number of hydrogen-bond donors (Lipinski definition) is 1. The van der Waals surface area contributed by atoms with Crippen molar-refractivity contribution in [1.29, 1.82) is 0 Å². The van der Waals surface area contributed by atoms with E-state index in [1.54, 1.807) is 0 Å². The van der Waals surface area contributed by atoms with Crippen molar-refractivity contribution in [3.63, 3.8) is 0 Å². The molecule has 1 rings (SSSR count). The Bertz CT molecular complexity index is 195. The van der Waals surface area contributed by atoms with Gasteiger partial charge < -0.3 is 5.32 Å². The lowest BCUT2D eigenvalue weighted by molar-refractivity contribution is 0.102. The van der Waals surface area contributed by atoms with Crippen LogP contribution in [0, 0.1) is 11.3 Å². The van der Waals surface area contributed by atoms with E-state index in [0.717, 1.165) is 18.5 Å². The third-order valence-corrected chi connectivity index (χ3v) is 3.85. The average molecular weight is 226 g/mol. The second-order valence-corrected chi connectivity index (χ2v) is 6.50. The van der Waals surface area contributed by atoms with Gasteiger partial charge in [0, 0.05) is 25.7 Å². The van der Waals surface area contributed by atoms with Crippen molar-refractivity contribution < 1.29 is 0 Å². The largest absolute Gasteiger partial charge is 0.314 e. The maximum atomic E-state index is 3.54. The second-order valence-electron chi connectivity index (χ2n) is 6.50. The van der Waals surface area contributed by atoms with Crippen LogP contribution < -0.4 is 5.32 Å². The maximum Gasteiger partial charge on any atom is 0.0246 e. The van der Waals surface area contributed by atoms with E-state index in [2.05, 4.69) is 44.8 Å². The van der Waals surface area contributed by atoms with Crippen LogP contribution in [-0.4, -0.2) is 37.1 Å². The molecule has 0 amide bonds. The molecule has 16 heavy (non-hydrogen) atoms. The Kier molecular flexibility index (Phi) is 5.26. The molecule has 96 valence electrons. The summed E-state index contributed by atoms with van der Waals surface area (Å²) in [6, 6.07) is 0.751. The summed E-state index contributed by atoms with van der Waals surface area (Å²) in [5, 5.41) is 3.54. The van der Waals surface area contributed by atoms with Crippen molar-refractivity contribution in [2.45, 2.75) is 53.5 Å². The van der Waals surface area contributed by atoms with E-state index in [4.69, 9.17) is 0 Å². The molecule has 1 fully saturated rings. The minimum atomic E-state index is 0.463. The van der Waals surface area contributed by atoms with Crippen LogP contribution in [0.1, 0.15) is 47.5 Å². The molecule has 0 aromatic rings. The van der Waals surface area contributed by atoms with Gasteiger partial charge >= 0.3 is 0 Å². The molecule has 2 atom stereocenters. The number of nitrogens with one attached hydrogen (secondary N) is 1. The average Bonchev–Trinajstić information content (AvgIpc) is 2.25. The Hall–Kier alpha value is -0.0800. The van der Waals surface area contributed by atoms with Gasteiger partial charge in [0.1, 0.15) is 0 Å². The van der Waals surface area contributed by atoms with E-state index in [0.29, 0.717) is 5.41 Å². The van der Waals surface area contributed by atoms with Crippen molar-refractivity contribution in [2.75, 3.05) is 26.2 Å². The van der Waals surface area contributed by atoms with E-state index in [1.807, 2.05) is 0 Å². The Morgan fingerprint density at radius 1 is 1.38 bits per heavy atom. The predicted molar refractivity (Wildman–Crippen MR) is 71.8 cm³/mol. The Morgan fingerprint density at radius 3 is 2.62 bits per heavy atom. The highest BCUT2D eigenvalue weighted by Gasteiger charge is 2.26. The first-order valence-corrected chi connectivity index (χ1v) is 6.89. The lowest BCUT2D eigenvalue weighted by Crippen LogP contribution is -2.54. The van der Waals surface area contributed by atoms with Gasteiger partial charge in [-0.25, -0.2) is 0 Å². The molecular weight excluding hydrogens is 196 g/mol. The van der Waals surface area contributed by atoms with Gasteiger partial charge in [-0.3, -0.25) is 4.90 Å². The first-order valence-electron chi connectivity index (χ1n) is 6.89. The van der Waals surface area contributed by atoms with Gasteiger partial charge in [-0.2, -0.15) is 0 Å². The molecule has 2 heteroatoms. The van der Waals surface area contributed by atoms with Gasteiger partial charge in [-0.1, -0.05) is 41.0 Å². The van der Waals surface area contributed by atoms with Crippen LogP contribution >= 0.6 is 0 Å². The Labute approximate surface area is 102 Å². The van der Waals surface area contributed by atoms with Crippen LogP contribution in [0.3, 0.4) is 0 Å². The maximum absolute atomic E-state index is 3.54. The zero-order valence-corrected chi connectivity index (χ0v) is 11.8. The fourth-order valence-electron chi connectivity index (χ4n) is 2.36. The molecule has 1 aliphatic rings. The first kappa shape index (κ1) is 14.0. The summed E-state index contributed by atoms with van der Waals surface area (Å²) in [5.74, 6) is 0.813. The third kappa shape index (κ3) is 4.42. The van der Waals surface area contributed by atoms with Gasteiger partial charge in [0.15, 0.2) is 0 Å². The Balaban J connectivity index is 2.47. The Morgan fingerprint density at radius 2 is 2.06 bits per heavy atom. The van der Waals surface area contributed by atoms with Gasteiger partial charge in [0.25, 0.3) is 0 Å². The molecule has 1 heterocycles. The SMILES string of the molecule is CCC(C)C1CNCCN1CCC(C)(C)C. The van der Waals surface area contributed by atoms with E-state index >= 15 is 0 Å². The van der Waals surface area contributed by atoms with Crippen LogP contribution in [0.25, 0.3) is 0 Å². The molecule has 0 aromatic heterocycles. The minimum Gasteiger partial charge on any atom is -0.314 e. The zero-order chi connectivity index (χ0) is 12.2. The van der Waals surface area contributed by atoms with Gasteiger partial charge in [0.2, 0.25) is 0 Å². The van der Waals surface area contributed by atoms with Gasteiger partial charge in [0.05, 0.1) is 0 Å². The van der Waals surface area contributed by atoms with Crippen molar-refractivity contribution >= 4 is 0 Å². The monoisotopic (exact) mass is 226 g/mol. The van der Waals surface area contributed by atoms with Gasteiger partial charge in [-0.15, -0.1) is 0 Å². The van der Waals surface area contributed by atoms with Crippen molar-refractivity contribution in [2.24, 2.45) is 11.3 Å². The summed E-state index contributed by atoms with van der Waals surface area (Å²) < 4.78 is 0. The summed E-state index contributed by atoms with van der Waals surface area (Å²) in [6.45, 7) is 16.6. The van der Waals surface area contributed by atoms with E-state index < -0.39 is 0 Å². The fraction of sp³-hybridized carbons (Fsp3) is 1.00. The molecule has 2 unspecified atom stereocenters. The second kappa shape index (κ2) is 6.02. The summed E-state index contributed by atoms with van der Waals surface area (Å²) in [6.07, 6.45) is 2.60. The first-order chi connectivity index (χ1) is 7.44. The zero-order valence-electron chi connectivity index (χ0n) is 11.8. The highest BCUT2D eigenvalue weighted by molar-refractivity contribution is 4.84. The smallest absolute Gasteiger partial charge is 0.0246 e. The highest BCUT2D eigenvalue weighted by atomic mass is 15.2. The quantitative estimate of drug-likeness (QED) is 0.793. The number of piperazine rings is 1. The molecule has 1 N–H and O–H groups in total. The summed E-state index contributed by atoms with van der Waals surface area (Å²) in [7, 11) is 0. The van der Waals surface area contributed by atoms with E-state index in [9.17, 15) is 0 Å². The topological polar surface area (TPSA) is 15.3 Å². The number of hydrogen-bond acceptors (Lipinski definition) is 2. The highest BCUT2D eigenvalue weighted by Crippen LogP contribution is 2.22. The molecule has 0 radical (unpaired) electrons. The molecule has 1 saturated heterocycles. The van der Waals surface area contributed by atoms with Crippen molar-refractivity contribution in [3.05, 3.63) is 0 Å². The molecule has 0 bridgehead atoms. The molecular formula is C14H30N2. The van der Waals surface area contributed by atoms with Crippen LogP contribution in [0.15, 0.2) is 0 Å². The summed E-state index contributed by atoms with van der Waals surface area (Å²) >= 11 is 0. The molecule has 0 spiro atoms. The van der Waals surface area contributed by atoms with Crippen LogP contribution in [0.4, 0.5) is 0 Å². The molecule has 2 nitrogen and oxygen atoms in total. The van der Waals surface area contributed by atoms with Crippen LogP contribution in [-0.2, 0) is 0 Å². The van der Waals surface area contributed by atoms with Crippen molar-refractivity contribution in [1.82, 2.24) is 10.2 Å². The minimum absolute atomic E-state index is 0.463. The molecule has 0 aromatic carbocycles. The van der Waals surface area contributed by atoms with Crippen LogP contribution in [0.2, 0.25) is 0 Å². The lowest BCUT2D eigenvalue weighted by atomic mass is 9.90. The molecule has 0 aliphatic carbocycles. The standard InChI is InChI=1S/C14H30N2/c1-6-12(2)13-11-15-8-10-16(13)9-7-14(3,4)5/h12-13,15H,6-11H2,1-5H3. The summed E-state index contributed by atoms with van der Waals surface area (Å²) in [5.41, 5.74) is 0.463. The number of nitrogens with zero attached hydrogens (tertiary/aromatic N) is 1. The van der Waals surface area contributed by atoms with Crippen LogP contribution in [0.5, 0.6) is 0 Å². The molecule has 0 saturated carbocycles. The number of rotatable bonds is 4. The van der Waals surface area contributed by atoms with E-state index in [-0.39, 0.29) is 0 Å².